The van der Waals surface area contributed by atoms with Gasteiger partial charge in [-0.2, -0.15) is 4.39 Å². The highest BCUT2D eigenvalue weighted by Gasteiger charge is 2.23. The van der Waals surface area contributed by atoms with Crippen LogP contribution in [0.25, 0.3) is 10.9 Å². The minimum absolute atomic E-state index is 0.0496. The van der Waals surface area contributed by atoms with Crippen molar-refractivity contribution in [2.24, 2.45) is 7.05 Å². The number of halogens is 1. The van der Waals surface area contributed by atoms with Crippen LogP contribution in [0.15, 0.2) is 48.7 Å². The van der Waals surface area contributed by atoms with Gasteiger partial charge in [-0.3, -0.25) is 19.7 Å². The van der Waals surface area contributed by atoms with E-state index in [4.69, 9.17) is 0 Å². The number of hydrogen-bond acceptors (Lipinski definition) is 5. The molecule has 1 heterocycles. The molecule has 10 heteroatoms. The molecule has 31 heavy (non-hydrogen) atoms. The van der Waals surface area contributed by atoms with E-state index in [0.29, 0.717) is 0 Å². The number of para-hydroxylation sites is 1. The summed E-state index contributed by atoms with van der Waals surface area (Å²) in [6, 6.07) is 10.5. The summed E-state index contributed by atoms with van der Waals surface area (Å²) in [5.41, 5.74) is 1.21. The molecule has 162 valence electrons. The van der Waals surface area contributed by atoms with Gasteiger partial charge in [0.15, 0.2) is 0 Å². The maximum absolute atomic E-state index is 13.4. The average molecular weight is 427 g/mol. The van der Waals surface area contributed by atoms with Crippen LogP contribution in [0.3, 0.4) is 0 Å². The SMILES string of the molecule is CN(C)C(CNC(=O)C(=O)Nc1ccc(F)c([N+](=O)[O-])c1)c1cn(C)c2ccccc12. The van der Waals surface area contributed by atoms with Crippen molar-refractivity contribution < 1.29 is 18.9 Å². The highest BCUT2D eigenvalue weighted by atomic mass is 19.1. The molecule has 2 aromatic carbocycles. The normalized spacial score (nSPS) is 12.0. The van der Waals surface area contributed by atoms with Gasteiger partial charge in [0.25, 0.3) is 0 Å². The number of benzene rings is 2. The number of aromatic nitrogens is 1. The summed E-state index contributed by atoms with van der Waals surface area (Å²) in [5, 5.41) is 16.7. The van der Waals surface area contributed by atoms with Crippen LogP contribution in [0, 0.1) is 15.9 Å². The van der Waals surface area contributed by atoms with Gasteiger partial charge in [0, 0.05) is 42.4 Å². The number of carbonyl (C=O) groups excluding carboxylic acids is 2. The fourth-order valence-electron chi connectivity index (χ4n) is 3.40. The fourth-order valence-corrected chi connectivity index (χ4v) is 3.40. The predicted octanol–water partition coefficient (Wildman–Crippen LogP) is 2.58. The van der Waals surface area contributed by atoms with Crippen molar-refractivity contribution in [3.63, 3.8) is 0 Å². The van der Waals surface area contributed by atoms with Gasteiger partial charge in [0.2, 0.25) is 5.82 Å². The van der Waals surface area contributed by atoms with Gasteiger partial charge in [-0.25, -0.2) is 0 Å². The van der Waals surface area contributed by atoms with Gasteiger partial charge in [0.1, 0.15) is 0 Å². The number of anilines is 1. The molecule has 0 radical (unpaired) electrons. The lowest BCUT2D eigenvalue weighted by Gasteiger charge is -2.24. The van der Waals surface area contributed by atoms with E-state index in [2.05, 4.69) is 10.6 Å². The number of likely N-dealkylation sites (N-methyl/N-ethyl adjacent to an activating group) is 1. The van der Waals surface area contributed by atoms with Crippen molar-refractivity contribution in [1.29, 1.82) is 0 Å². The smallest absolute Gasteiger partial charge is 0.313 e. The molecular formula is C21H22FN5O4. The van der Waals surface area contributed by atoms with Crippen molar-refractivity contribution in [3.05, 3.63) is 70.2 Å². The molecule has 3 aromatic rings. The lowest BCUT2D eigenvalue weighted by Crippen LogP contribution is -2.40. The number of amides is 2. The second kappa shape index (κ2) is 8.92. The third-order valence-electron chi connectivity index (χ3n) is 4.97. The molecule has 0 aliphatic heterocycles. The summed E-state index contributed by atoms with van der Waals surface area (Å²) in [6.07, 6.45) is 1.99. The van der Waals surface area contributed by atoms with Crippen molar-refractivity contribution in [2.75, 3.05) is 26.0 Å². The van der Waals surface area contributed by atoms with E-state index in [1.807, 2.05) is 61.1 Å². The molecule has 0 saturated carbocycles. The third-order valence-corrected chi connectivity index (χ3v) is 4.97. The van der Waals surface area contributed by atoms with Crippen LogP contribution >= 0.6 is 0 Å². The number of nitro groups is 1. The molecule has 0 spiro atoms. The quantitative estimate of drug-likeness (QED) is 0.357. The lowest BCUT2D eigenvalue weighted by atomic mass is 10.0. The Kier molecular flexibility index (Phi) is 6.30. The largest absolute Gasteiger partial charge is 0.350 e. The van der Waals surface area contributed by atoms with E-state index in [0.717, 1.165) is 34.7 Å². The van der Waals surface area contributed by atoms with Gasteiger partial charge in [-0.05, 0) is 37.9 Å². The number of rotatable bonds is 6. The molecule has 0 fully saturated rings. The first-order valence-corrected chi connectivity index (χ1v) is 9.42. The number of fused-ring (bicyclic) bond motifs is 1. The minimum atomic E-state index is -1.03. The molecule has 1 unspecified atom stereocenters. The van der Waals surface area contributed by atoms with E-state index >= 15 is 0 Å². The highest BCUT2D eigenvalue weighted by Crippen LogP contribution is 2.28. The molecule has 2 amide bonds. The highest BCUT2D eigenvalue weighted by molar-refractivity contribution is 6.39. The Bertz CT molecular complexity index is 1160. The summed E-state index contributed by atoms with van der Waals surface area (Å²) in [7, 11) is 5.68. The van der Waals surface area contributed by atoms with Gasteiger partial charge < -0.3 is 20.1 Å². The standard InChI is InChI=1S/C21H22FN5O4/c1-25(2)19(15-12-26(3)17-7-5-4-6-14(15)17)11-23-20(28)21(29)24-13-8-9-16(22)18(10-13)27(30)31/h4-10,12,19H,11H2,1-3H3,(H,23,28)(H,24,29). The van der Waals surface area contributed by atoms with E-state index in [-0.39, 0.29) is 18.3 Å². The first-order chi connectivity index (χ1) is 14.7. The Morgan fingerprint density at radius 2 is 1.90 bits per heavy atom. The molecule has 3 rings (SSSR count). The van der Waals surface area contributed by atoms with Crippen LogP contribution in [0.5, 0.6) is 0 Å². The molecule has 9 nitrogen and oxygen atoms in total. The predicted molar refractivity (Wildman–Crippen MR) is 114 cm³/mol. The van der Waals surface area contributed by atoms with Crippen molar-refractivity contribution in [1.82, 2.24) is 14.8 Å². The van der Waals surface area contributed by atoms with Crippen LogP contribution in [-0.2, 0) is 16.6 Å². The van der Waals surface area contributed by atoms with Crippen LogP contribution in [0.1, 0.15) is 11.6 Å². The molecule has 0 aliphatic rings. The summed E-state index contributed by atoms with van der Waals surface area (Å²) in [4.78, 5) is 36.4. The fraction of sp³-hybridized carbons (Fsp3) is 0.238. The molecule has 0 bridgehead atoms. The summed E-state index contributed by atoms with van der Waals surface area (Å²) in [5.74, 6) is -2.94. The minimum Gasteiger partial charge on any atom is -0.350 e. The van der Waals surface area contributed by atoms with E-state index in [1.54, 1.807) is 0 Å². The van der Waals surface area contributed by atoms with Crippen LogP contribution in [0.2, 0.25) is 0 Å². The van der Waals surface area contributed by atoms with E-state index < -0.39 is 28.2 Å². The van der Waals surface area contributed by atoms with E-state index in [9.17, 15) is 24.1 Å². The zero-order valence-electron chi connectivity index (χ0n) is 17.3. The topological polar surface area (TPSA) is 110 Å². The molecule has 1 atom stereocenters. The van der Waals surface area contributed by atoms with Gasteiger partial charge in [-0.15, -0.1) is 0 Å². The lowest BCUT2D eigenvalue weighted by molar-refractivity contribution is -0.387. The Labute approximate surface area is 177 Å². The molecule has 2 N–H and O–H groups in total. The Morgan fingerprint density at radius 3 is 2.58 bits per heavy atom. The Balaban J connectivity index is 1.71. The van der Waals surface area contributed by atoms with Crippen LogP contribution in [-0.4, -0.2) is 46.8 Å². The van der Waals surface area contributed by atoms with Crippen molar-refractivity contribution >= 4 is 34.1 Å². The summed E-state index contributed by atoms with van der Waals surface area (Å²) in [6.45, 7) is 0.164. The number of carbonyl (C=O) groups is 2. The molecule has 1 aromatic heterocycles. The number of hydrogen-bond donors (Lipinski definition) is 2. The van der Waals surface area contributed by atoms with Crippen LogP contribution in [0.4, 0.5) is 15.8 Å². The Morgan fingerprint density at radius 1 is 1.19 bits per heavy atom. The summed E-state index contributed by atoms with van der Waals surface area (Å²) < 4.78 is 15.4. The number of nitro benzene ring substituents is 1. The van der Waals surface area contributed by atoms with Crippen LogP contribution < -0.4 is 10.6 Å². The number of nitrogens with one attached hydrogen (secondary N) is 2. The second-order valence-corrected chi connectivity index (χ2v) is 7.28. The van der Waals surface area contributed by atoms with Gasteiger partial charge in [-0.1, -0.05) is 18.2 Å². The molecule has 0 saturated heterocycles. The first kappa shape index (κ1) is 21.9. The number of aryl methyl sites for hydroxylation is 1. The maximum Gasteiger partial charge on any atom is 0.313 e. The number of nitrogens with zero attached hydrogens (tertiary/aromatic N) is 3. The monoisotopic (exact) mass is 427 g/mol. The van der Waals surface area contributed by atoms with Gasteiger partial charge >= 0.3 is 17.5 Å². The zero-order valence-corrected chi connectivity index (χ0v) is 17.3. The molecule has 0 aliphatic carbocycles. The maximum atomic E-state index is 13.4. The average Bonchev–Trinajstić information content (AvgIpc) is 3.05. The van der Waals surface area contributed by atoms with Crippen molar-refractivity contribution in [3.8, 4) is 0 Å². The Hall–Kier alpha value is -3.79. The first-order valence-electron chi connectivity index (χ1n) is 9.42. The van der Waals surface area contributed by atoms with Crippen molar-refractivity contribution in [2.45, 2.75) is 6.04 Å². The van der Waals surface area contributed by atoms with Gasteiger partial charge in [0.05, 0.1) is 11.0 Å². The zero-order chi connectivity index (χ0) is 22.7. The molecular weight excluding hydrogens is 405 g/mol. The summed E-state index contributed by atoms with van der Waals surface area (Å²) >= 11 is 0. The van der Waals surface area contributed by atoms with E-state index in [1.165, 1.54) is 0 Å². The third kappa shape index (κ3) is 4.69. The second-order valence-electron chi connectivity index (χ2n) is 7.28.